The Hall–Kier alpha value is -0.590. The number of nitrogens with two attached hydrogens (primary N) is 1. The Balaban J connectivity index is 2.59. The van der Waals surface area contributed by atoms with E-state index in [1.165, 1.54) is 12.8 Å². The third-order valence-corrected chi connectivity index (χ3v) is 3.71. The quantitative estimate of drug-likeness (QED) is 0.797. The normalized spacial score (nSPS) is 32.8. The van der Waals surface area contributed by atoms with Crippen LogP contribution in [0, 0.1) is 17.2 Å². The fraction of sp³-hybridized carbons (Fsp3) is 0.923. The summed E-state index contributed by atoms with van der Waals surface area (Å²) in [5, 5.41) is 8.97. The van der Waals surface area contributed by atoms with E-state index in [0.717, 1.165) is 18.9 Å². The highest BCUT2D eigenvalue weighted by Crippen LogP contribution is 2.25. The Morgan fingerprint density at radius 1 is 1.50 bits per heavy atom. The number of hydrogen-bond acceptors (Lipinski definition) is 3. The van der Waals surface area contributed by atoms with Crippen LogP contribution >= 0.6 is 0 Å². The van der Waals surface area contributed by atoms with Crippen LogP contribution in [0.25, 0.3) is 0 Å². The van der Waals surface area contributed by atoms with Crippen molar-refractivity contribution in [3.05, 3.63) is 0 Å². The molecule has 92 valence electrons. The van der Waals surface area contributed by atoms with Gasteiger partial charge in [-0.15, -0.1) is 0 Å². The van der Waals surface area contributed by atoms with E-state index in [1.54, 1.807) is 0 Å². The first-order valence-corrected chi connectivity index (χ1v) is 6.31. The number of likely N-dealkylation sites (tertiary alicyclic amines) is 1. The van der Waals surface area contributed by atoms with E-state index in [2.05, 4.69) is 31.7 Å². The van der Waals surface area contributed by atoms with Crippen molar-refractivity contribution in [1.82, 2.24) is 4.90 Å². The second-order valence-electron chi connectivity index (χ2n) is 5.81. The molecule has 1 rings (SSSR count). The van der Waals surface area contributed by atoms with E-state index in [4.69, 9.17) is 11.0 Å². The number of hydrogen-bond donors (Lipinski definition) is 1. The van der Waals surface area contributed by atoms with Crippen LogP contribution in [0.5, 0.6) is 0 Å². The lowest BCUT2D eigenvalue weighted by molar-refractivity contribution is 0.0744. The fourth-order valence-electron chi connectivity index (χ4n) is 2.71. The summed E-state index contributed by atoms with van der Waals surface area (Å²) in [7, 11) is 0. The molecule has 1 aliphatic heterocycles. The summed E-state index contributed by atoms with van der Waals surface area (Å²) in [6.07, 6.45) is 3.34. The third-order valence-electron chi connectivity index (χ3n) is 3.71. The first-order valence-electron chi connectivity index (χ1n) is 6.31. The minimum atomic E-state index is -0.695. The molecule has 0 aromatic heterocycles. The molecule has 0 amide bonds. The van der Waals surface area contributed by atoms with Gasteiger partial charge in [0.25, 0.3) is 0 Å². The maximum atomic E-state index is 8.97. The van der Waals surface area contributed by atoms with Gasteiger partial charge >= 0.3 is 0 Å². The second-order valence-corrected chi connectivity index (χ2v) is 5.81. The maximum absolute atomic E-state index is 8.97. The fourth-order valence-corrected chi connectivity index (χ4v) is 2.71. The van der Waals surface area contributed by atoms with Gasteiger partial charge in [-0.3, -0.25) is 4.90 Å². The molecule has 16 heavy (non-hydrogen) atoms. The lowest BCUT2D eigenvalue weighted by Crippen LogP contribution is -2.50. The Kier molecular flexibility index (Phi) is 4.35. The number of nitriles is 1. The Labute approximate surface area is 99.6 Å². The zero-order chi connectivity index (χ0) is 12.3. The first kappa shape index (κ1) is 13.5. The molecule has 3 heteroatoms. The number of rotatable bonds is 3. The Bertz CT molecular complexity index is 267. The van der Waals surface area contributed by atoms with Crippen molar-refractivity contribution in [3.63, 3.8) is 0 Å². The van der Waals surface area contributed by atoms with E-state index in [9.17, 15) is 0 Å². The van der Waals surface area contributed by atoms with Crippen molar-refractivity contribution in [2.45, 2.75) is 64.6 Å². The van der Waals surface area contributed by atoms with Crippen molar-refractivity contribution in [2.24, 2.45) is 11.7 Å². The van der Waals surface area contributed by atoms with Gasteiger partial charge in [-0.25, -0.2) is 0 Å². The number of nitrogens with zero attached hydrogens (tertiary/aromatic N) is 2. The average Bonchev–Trinajstić information content (AvgIpc) is 2.21. The van der Waals surface area contributed by atoms with Gasteiger partial charge in [-0.1, -0.05) is 6.92 Å². The molecule has 0 aliphatic carbocycles. The minimum absolute atomic E-state index is 0.396. The summed E-state index contributed by atoms with van der Waals surface area (Å²) in [5.74, 6) is 0.768. The average molecular weight is 223 g/mol. The zero-order valence-corrected chi connectivity index (χ0v) is 11.0. The van der Waals surface area contributed by atoms with Gasteiger partial charge in [0.1, 0.15) is 5.54 Å². The van der Waals surface area contributed by atoms with Crippen molar-refractivity contribution < 1.29 is 0 Å². The van der Waals surface area contributed by atoms with Gasteiger partial charge in [-0.2, -0.15) is 5.26 Å². The van der Waals surface area contributed by atoms with Crippen LogP contribution in [0.3, 0.4) is 0 Å². The molecule has 0 aromatic rings. The monoisotopic (exact) mass is 223 g/mol. The molecular weight excluding hydrogens is 198 g/mol. The highest BCUT2D eigenvalue weighted by molar-refractivity contribution is 5.03. The summed E-state index contributed by atoms with van der Waals surface area (Å²) >= 11 is 0. The van der Waals surface area contributed by atoms with Crippen LogP contribution in [-0.2, 0) is 0 Å². The van der Waals surface area contributed by atoms with Crippen LogP contribution in [0.1, 0.15) is 47.0 Å². The highest BCUT2D eigenvalue weighted by Gasteiger charge is 2.30. The van der Waals surface area contributed by atoms with E-state index in [0.29, 0.717) is 12.1 Å². The van der Waals surface area contributed by atoms with E-state index < -0.39 is 5.54 Å². The molecule has 4 atom stereocenters. The summed E-state index contributed by atoms with van der Waals surface area (Å²) in [5.41, 5.74) is 5.22. The lowest BCUT2D eigenvalue weighted by atomic mass is 9.90. The highest BCUT2D eigenvalue weighted by atomic mass is 15.2. The molecule has 1 aliphatic rings. The van der Waals surface area contributed by atoms with Gasteiger partial charge in [0.15, 0.2) is 0 Å². The summed E-state index contributed by atoms with van der Waals surface area (Å²) in [4.78, 5) is 2.51. The molecule has 0 aromatic carbocycles. The van der Waals surface area contributed by atoms with Crippen LogP contribution in [-0.4, -0.2) is 29.1 Å². The zero-order valence-electron chi connectivity index (χ0n) is 11.0. The van der Waals surface area contributed by atoms with E-state index in [1.807, 2.05) is 6.92 Å². The molecule has 3 nitrogen and oxygen atoms in total. The molecule has 4 unspecified atom stereocenters. The SMILES string of the molecule is CC1CCC(C)N(C(C)CC(C)(N)C#N)C1. The van der Waals surface area contributed by atoms with E-state index in [-0.39, 0.29) is 0 Å². The van der Waals surface area contributed by atoms with Crippen LogP contribution in [0.2, 0.25) is 0 Å². The molecule has 1 saturated heterocycles. The van der Waals surface area contributed by atoms with Crippen molar-refractivity contribution >= 4 is 0 Å². The van der Waals surface area contributed by atoms with Gasteiger partial charge < -0.3 is 5.73 Å². The number of piperidine rings is 1. The van der Waals surface area contributed by atoms with Gasteiger partial charge in [0, 0.05) is 18.6 Å². The summed E-state index contributed by atoms with van der Waals surface area (Å²) in [6.45, 7) is 9.74. The third kappa shape index (κ3) is 3.47. The molecule has 2 N–H and O–H groups in total. The van der Waals surface area contributed by atoms with Gasteiger partial charge in [-0.05, 0) is 46.0 Å². The molecule has 0 bridgehead atoms. The smallest absolute Gasteiger partial charge is 0.102 e. The maximum Gasteiger partial charge on any atom is 0.102 e. The van der Waals surface area contributed by atoms with Crippen LogP contribution in [0.15, 0.2) is 0 Å². The lowest BCUT2D eigenvalue weighted by Gasteiger charge is -2.42. The Morgan fingerprint density at radius 2 is 2.12 bits per heavy atom. The standard InChI is InChI=1S/C13H25N3/c1-10-5-6-11(2)16(8-10)12(3)7-13(4,15)9-14/h10-12H,5-8,15H2,1-4H3. The summed E-state index contributed by atoms with van der Waals surface area (Å²) in [6, 6.07) is 3.21. The topological polar surface area (TPSA) is 53.0 Å². The Morgan fingerprint density at radius 3 is 2.69 bits per heavy atom. The molecule has 0 radical (unpaired) electrons. The molecule has 0 spiro atoms. The van der Waals surface area contributed by atoms with Crippen molar-refractivity contribution in [2.75, 3.05) is 6.54 Å². The van der Waals surface area contributed by atoms with Crippen molar-refractivity contribution in [3.8, 4) is 6.07 Å². The first-order chi connectivity index (χ1) is 7.35. The van der Waals surface area contributed by atoms with Gasteiger partial charge in [0.2, 0.25) is 0 Å². The van der Waals surface area contributed by atoms with Crippen LogP contribution in [0.4, 0.5) is 0 Å². The van der Waals surface area contributed by atoms with Crippen LogP contribution < -0.4 is 5.73 Å². The minimum Gasteiger partial charge on any atom is -0.314 e. The predicted octanol–water partition coefficient (Wildman–Crippen LogP) is 2.13. The second kappa shape index (κ2) is 5.16. The van der Waals surface area contributed by atoms with Gasteiger partial charge in [0.05, 0.1) is 6.07 Å². The molecule has 0 saturated carbocycles. The van der Waals surface area contributed by atoms with E-state index >= 15 is 0 Å². The molecule has 1 fully saturated rings. The predicted molar refractivity (Wildman–Crippen MR) is 66.9 cm³/mol. The molecular formula is C13H25N3. The molecule has 1 heterocycles. The largest absolute Gasteiger partial charge is 0.314 e. The summed E-state index contributed by atoms with van der Waals surface area (Å²) < 4.78 is 0. The van der Waals surface area contributed by atoms with Crippen molar-refractivity contribution in [1.29, 1.82) is 5.26 Å².